The van der Waals surface area contributed by atoms with Gasteiger partial charge in [-0.2, -0.15) is 0 Å². The highest BCUT2D eigenvalue weighted by atomic mass is 16.5. The minimum Gasteiger partial charge on any atom is -0.481 e. The molecule has 0 saturated heterocycles. The van der Waals surface area contributed by atoms with E-state index in [9.17, 15) is 0 Å². The SMILES string of the molecule is C1=C(c2ccccc2)C=C(c2ccccc2)OC1c1ccccc1. The van der Waals surface area contributed by atoms with Crippen LogP contribution in [-0.4, -0.2) is 0 Å². The van der Waals surface area contributed by atoms with Crippen LogP contribution in [0.1, 0.15) is 22.8 Å². The van der Waals surface area contributed by atoms with E-state index in [-0.39, 0.29) is 6.10 Å². The van der Waals surface area contributed by atoms with Gasteiger partial charge in [-0.25, -0.2) is 0 Å². The van der Waals surface area contributed by atoms with Crippen LogP contribution in [0.3, 0.4) is 0 Å². The van der Waals surface area contributed by atoms with Crippen molar-refractivity contribution in [2.75, 3.05) is 0 Å². The van der Waals surface area contributed by atoms with E-state index in [0.717, 1.165) is 16.9 Å². The third-order valence-corrected chi connectivity index (χ3v) is 4.16. The fraction of sp³-hybridized carbons (Fsp3) is 0.0435. The van der Waals surface area contributed by atoms with Crippen LogP contribution in [0.5, 0.6) is 0 Å². The Morgan fingerprint density at radius 3 is 1.75 bits per heavy atom. The normalized spacial score (nSPS) is 16.8. The molecule has 0 radical (unpaired) electrons. The minimum atomic E-state index is -0.0818. The zero-order valence-corrected chi connectivity index (χ0v) is 13.3. The van der Waals surface area contributed by atoms with Crippen molar-refractivity contribution in [1.29, 1.82) is 0 Å². The maximum atomic E-state index is 6.29. The largest absolute Gasteiger partial charge is 0.481 e. The van der Waals surface area contributed by atoms with Gasteiger partial charge >= 0.3 is 0 Å². The van der Waals surface area contributed by atoms with E-state index in [2.05, 4.69) is 72.8 Å². The maximum Gasteiger partial charge on any atom is 0.143 e. The van der Waals surface area contributed by atoms with E-state index in [0.29, 0.717) is 0 Å². The van der Waals surface area contributed by atoms with Crippen molar-refractivity contribution >= 4 is 11.3 Å². The first-order valence-electron chi connectivity index (χ1n) is 8.16. The molecule has 1 heteroatoms. The Kier molecular flexibility index (Phi) is 3.99. The van der Waals surface area contributed by atoms with Crippen LogP contribution in [-0.2, 0) is 4.74 Å². The second-order valence-electron chi connectivity index (χ2n) is 5.81. The highest BCUT2D eigenvalue weighted by molar-refractivity contribution is 5.83. The lowest BCUT2D eigenvalue weighted by Gasteiger charge is -2.24. The van der Waals surface area contributed by atoms with Gasteiger partial charge in [-0.1, -0.05) is 91.0 Å². The molecule has 3 aromatic rings. The van der Waals surface area contributed by atoms with Crippen molar-refractivity contribution in [2.24, 2.45) is 0 Å². The van der Waals surface area contributed by atoms with Crippen LogP contribution in [0.2, 0.25) is 0 Å². The molecule has 1 nitrogen and oxygen atoms in total. The molecule has 0 spiro atoms. The summed E-state index contributed by atoms with van der Waals surface area (Å²) in [5.41, 5.74) is 4.65. The summed E-state index contributed by atoms with van der Waals surface area (Å²) in [6.45, 7) is 0. The first-order chi connectivity index (χ1) is 11.9. The summed E-state index contributed by atoms with van der Waals surface area (Å²) in [7, 11) is 0. The van der Waals surface area contributed by atoms with Crippen molar-refractivity contribution in [3.05, 3.63) is 120 Å². The minimum absolute atomic E-state index is 0.0818. The average Bonchev–Trinajstić information content (AvgIpc) is 2.70. The van der Waals surface area contributed by atoms with Gasteiger partial charge in [0.15, 0.2) is 0 Å². The lowest BCUT2D eigenvalue weighted by Crippen LogP contribution is -2.06. The molecule has 24 heavy (non-hydrogen) atoms. The first kappa shape index (κ1) is 14.5. The van der Waals surface area contributed by atoms with Gasteiger partial charge in [0.25, 0.3) is 0 Å². The lowest BCUT2D eigenvalue weighted by molar-refractivity contribution is 0.213. The molecule has 4 rings (SSSR count). The van der Waals surface area contributed by atoms with Gasteiger partial charge in [-0.3, -0.25) is 0 Å². The first-order valence-corrected chi connectivity index (χ1v) is 8.16. The zero-order valence-electron chi connectivity index (χ0n) is 13.3. The Hall–Kier alpha value is -3.06. The predicted molar refractivity (Wildman–Crippen MR) is 99.1 cm³/mol. The van der Waals surface area contributed by atoms with Crippen LogP contribution >= 0.6 is 0 Å². The molecule has 1 heterocycles. The third-order valence-electron chi connectivity index (χ3n) is 4.16. The van der Waals surface area contributed by atoms with E-state index < -0.39 is 0 Å². The van der Waals surface area contributed by atoms with Gasteiger partial charge in [0.1, 0.15) is 11.9 Å². The number of hydrogen-bond acceptors (Lipinski definition) is 1. The van der Waals surface area contributed by atoms with Crippen LogP contribution in [0.4, 0.5) is 0 Å². The van der Waals surface area contributed by atoms with Gasteiger partial charge < -0.3 is 4.74 Å². The Morgan fingerprint density at radius 2 is 1.12 bits per heavy atom. The van der Waals surface area contributed by atoms with Gasteiger partial charge in [-0.15, -0.1) is 0 Å². The van der Waals surface area contributed by atoms with E-state index in [1.807, 2.05) is 30.3 Å². The molecular formula is C23H18O. The quantitative estimate of drug-likeness (QED) is 0.586. The van der Waals surface area contributed by atoms with Crippen molar-refractivity contribution in [3.8, 4) is 0 Å². The molecule has 1 unspecified atom stereocenters. The highest BCUT2D eigenvalue weighted by Gasteiger charge is 2.19. The van der Waals surface area contributed by atoms with Crippen molar-refractivity contribution in [2.45, 2.75) is 6.10 Å². The van der Waals surface area contributed by atoms with Crippen molar-refractivity contribution < 1.29 is 4.74 Å². The van der Waals surface area contributed by atoms with E-state index in [1.54, 1.807) is 0 Å². The predicted octanol–water partition coefficient (Wildman–Crippen LogP) is 5.88. The third kappa shape index (κ3) is 3.02. The second kappa shape index (κ2) is 6.59. The Labute approximate surface area is 142 Å². The molecule has 0 aromatic heterocycles. The fourth-order valence-corrected chi connectivity index (χ4v) is 2.93. The molecule has 1 atom stereocenters. The Bertz CT molecular complexity index is 862. The van der Waals surface area contributed by atoms with Crippen LogP contribution in [0.25, 0.3) is 11.3 Å². The summed E-state index contributed by atoms with van der Waals surface area (Å²) in [4.78, 5) is 0. The fourth-order valence-electron chi connectivity index (χ4n) is 2.93. The van der Waals surface area contributed by atoms with Gasteiger partial charge in [0.2, 0.25) is 0 Å². The smallest absolute Gasteiger partial charge is 0.143 e. The number of ether oxygens (including phenoxy) is 1. The monoisotopic (exact) mass is 310 g/mol. The van der Waals surface area contributed by atoms with E-state index in [1.165, 1.54) is 11.1 Å². The molecule has 3 aromatic carbocycles. The van der Waals surface area contributed by atoms with Crippen LogP contribution in [0.15, 0.2) is 103 Å². The van der Waals surface area contributed by atoms with Crippen LogP contribution in [0, 0.1) is 0 Å². The lowest BCUT2D eigenvalue weighted by atomic mass is 9.97. The summed E-state index contributed by atoms with van der Waals surface area (Å²) in [6, 6.07) is 31.1. The molecular weight excluding hydrogens is 292 g/mol. The maximum absolute atomic E-state index is 6.29. The van der Waals surface area contributed by atoms with Gasteiger partial charge in [0.05, 0.1) is 0 Å². The standard InChI is InChI=1S/C23H18O/c1-4-10-18(11-5-1)21-16-22(19-12-6-2-7-13-19)24-23(17-21)20-14-8-3-9-15-20/h1-17,22H. The molecule has 0 fully saturated rings. The topological polar surface area (TPSA) is 9.23 Å². The van der Waals surface area contributed by atoms with E-state index >= 15 is 0 Å². The number of allylic oxidation sites excluding steroid dienone is 2. The molecule has 0 amide bonds. The number of benzene rings is 3. The molecule has 0 N–H and O–H groups in total. The Balaban J connectivity index is 1.79. The molecule has 0 bridgehead atoms. The van der Waals surface area contributed by atoms with E-state index in [4.69, 9.17) is 4.74 Å². The highest BCUT2D eigenvalue weighted by Crippen LogP contribution is 2.36. The van der Waals surface area contributed by atoms with Gasteiger partial charge in [-0.05, 0) is 28.9 Å². The summed E-state index contributed by atoms with van der Waals surface area (Å²) in [5.74, 6) is 0.908. The number of hydrogen-bond donors (Lipinski definition) is 0. The summed E-state index contributed by atoms with van der Waals surface area (Å²) in [6.07, 6.45) is 4.24. The Morgan fingerprint density at radius 1 is 0.583 bits per heavy atom. The zero-order chi connectivity index (χ0) is 16.2. The average molecular weight is 310 g/mol. The molecule has 116 valence electrons. The van der Waals surface area contributed by atoms with Gasteiger partial charge in [0, 0.05) is 5.56 Å². The van der Waals surface area contributed by atoms with Crippen molar-refractivity contribution in [3.63, 3.8) is 0 Å². The molecule has 1 aliphatic rings. The number of rotatable bonds is 3. The summed E-state index contributed by atoms with van der Waals surface area (Å²) < 4.78 is 6.29. The van der Waals surface area contributed by atoms with Crippen LogP contribution < -0.4 is 0 Å². The summed E-state index contributed by atoms with van der Waals surface area (Å²) >= 11 is 0. The van der Waals surface area contributed by atoms with Crippen molar-refractivity contribution in [1.82, 2.24) is 0 Å². The molecule has 0 aliphatic carbocycles. The second-order valence-corrected chi connectivity index (χ2v) is 5.81. The molecule has 1 aliphatic heterocycles. The summed E-state index contributed by atoms with van der Waals surface area (Å²) in [5, 5.41) is 0. The molecule has 0 saturated carbocycles.